The van der Waals surface area contributed by atoms with E-state index in [1.165, 1.54) is 4.90 Å². The van der Waals surface area contributed by atoms with E-state index in [2.05, 4.69) is 62.2 Å². The number of β-amino-alcohol motifs (C(OH)–C–C–N with tert-alkyl or cyclic N) is 1. The van der Waals surface area contributed by atoms with Crippen LogP contribution in [-0.4, -0.2) is 129 Å². The number of para-hydroxylation sites is 1. The third-order valence-electron chi connectivity index (χ3n) is 15.0. The number of ether oxygens (including phenoxy) is 3. The Morgan fingerprint density at radius 1 is 0.859 bits per heavy atom. The summed E-state index contributed by atoms with van der Waals surface area (Å²) in [7, 11) is 0. The number of hydrogen-bond donors (Lipinski definition) is 4. The van der Waals surface area contributed by atoms with Crippen molar-refractivity contribution < 1.29 is 38.5 Å². The minimum atomic E-state index is -0.871. The standard InChI is InChI=1S/C57H61N13O8/c1-33(2)54(57(74)69-32-41(71)23-48(69)56(73)63-34(3)36-11-13-37(14-12-36)68-20-19-59-35(68)4)50-27-53(66-78-50)75-21-7-10-51-61-28-44(29-62-51)76-42-24-43(25-42)77-52-22-38(17-18-60-52)70-39-15-16-40(70)31-67(30-39)47-26-46(64-65-55(47)58)45-8-5-6-9-49(45)72/h5-6,8-9,11-14,17-20,22,26-29,33-34,39-43,48,54,71-72H,15-16,21,23-25,30-32H2,1-4H3,(H2,58,65)(H,63,73)/t34-,39?,40?,41+,42?,43?,48-,54+/m0/s1. The predicted octanol–water partition coefficient (Wildman–Crippen LogP) is 5.95. The molecule has 2 amide bonds. The molecule has 1 aliphatic carbocycles. The first-order chi connectivity index (χ1) is 37.8. The Morgan fingerprint density at radius 2 is 1.62 bits per heavy atom. The number of nitrogens with one attached hydrogen (secondary N) is 1. The number of nitrogen functional groups attached to an aromatic ring is 1. The zero-order valence-electron chi connectivity index (χ0n) is 43.7. The summed E-state index contributed by atoms with van der Waals surface area (Å²) < 4.78 is 25.8. The number of phenolic OH excluding ortho intramolecular Hbond substituents is 1. The maximum Gasteiger partial charge on any atom is 0.255 e. The monoisotopic (exact) mass is 1060 g/mol. The molecule has 21 heteroatoms. The fourth-order valence-corrected chi connectivity index (χ4v) is 11.0. The number of benzene rings is 2. The van der Waals surface area contributed by atoms with Gasteiger partial charge >= 0.3 is 0 Å². The highest BCUT2D eigenvalue weighted by molar-refractivity contribution is 5.91. The van der Waals surface area contributed by atoms with Gasteiger partial charge < -0.3 is 59.3 Å². The van der Waals surface area contributed by atoms with Gasteiger partial charge in [-0.3, -0.25) is 9.59 Å². The van der Waals surface area contributed by atoms with Crippen molar-refractivity contribution in [2.24, 2.45) is 5.92 Å². The molecule has 11 rings (SSSR count). The highest BCUT2D eigenvalue weighted by atomic mass is 16.5. The van der Waals surface area contributed by atoms with Crippen LogP contribution in [0.4, 0.5) is 17.2 Å². The van der Waals surface area contributed by atoms with E-state index >= 15 is 0 Å². The highest BCUT2D eigenvalue weighted by Crippen LogP contribution is 2.40. The number of aliphatic hydroxyl groups excluding tert-OH is 1. The molecule has 3 saturated heterocycles. The molecule has 4 fully saturated rings. The van der Waals surface area contributed by atoms with Crippen LogP contribution >= 0.6 is 0 Å². The van der Waals surface area contributed by atoms with E-state index in [0.29, 0.717) is 41.5 Å². The van der Waals surface area contributed by atoms with E-state index in [9.17, 15) is 19.8 Å². The molecule has 5 aromatic heterocycles. The number of nitrogens with zero attached hydrogens (tertiary/aromatic N) is 11. The van der Waals surface area contributed by atoms with Gasteiger partial charge in [-0.25, -0.2) is 19.9 Å². The molecule has 1 saturated carbocycles. The van der Waals surface area contributed by atoms with Crippen LogP contribution in [-0.2, 0) is 9.59 Å². The topological polar surface area (TPSA) is 258 Å². The SMILES string of the molecule is Cc1nccn1-c1ccc([C@H](C)NC(=O)[C@@H]2C[C@@H](O)CN2C(=O)[C@@H](c2cc(OCC#Cc3ncc(OC4CC(Oc5cc(N6C7CCC6CN(c6cc(-c8ccccc8O)nnc6N)C7)ccn5)C4)cn3)no2)C(C)C)cc1. The lowest BCUT2D eigenvalue weighted by Gasteiger charge is -2.43. The summed E-state index contributed by atoms with van der Waals surface area (Å²) >= 11 is 0. The zero-order valence-corrected chi connectivity index (χ0v) is 43.7. The summed E-state index contributed by atoms with van der Waals surface area (Å²) in [4.78, 5) is 51.6. The van der Waals surface area contributed by atoms with E-state index in [1.54, 1.807) is 43.0 Å². The molecule has 2 aromatic carbocycles. The van der Waals surface area contributed by atoms with Gasteiger partial charge in [-0.15, -0.1) is 10.2 Å². The number of rotatable bonds is 16. The maximum atomic E-state index is 14.2. The minimum Gasteiger partial charge on any atom is -0.507 e. The molecule has 78 heavy (non-hydrogen) atoms. The Balaban J connectivity index is 0.627. The second-order valence-corrected chi connectivity index (χ2v) is 20.7. The summed E-state index contributed by atoms with van der Waals surface area (Å²) in [5.41, 5.74) is 11.3. The number of aromatic nitrogens is 8. The van der Waals surface area contributed by atoms with Gasteiger partial charge in [-0.05, 0) is 85.6 Å². The van der Waals surface area contributed by atoms with Crippen molar-refractivity contribution in [3.63, 3.8) is 0 Å². The van der Waals surface area contributed by atoms with Gasteiger partial charge in [0, 0.05) is 98.6 Å². The molecule has 2 bridgehead atoms. The third-order valence-corrected chi connectivity index (χ3v) is 15.0. The predicted molar refractivity (Wildman–Crippen MR) is 287 cm³/mol. The fraction of sp³-hybridized carbons (Fsp3) is 0.386. The smallest absolute Gasteiger partial charge is 0.255 e. The number of anilines is 3. The van der Waals surface area contributed by atoms with Crippen molar-refractivity contribution in [2.45, 2.75) is 108 Å². The second kappa shape index (κ2) is 22.1. The zero-order chi connectivity index (χ0) is 54.0. The average Bonchev–Trinajstić information content (AvgIpc) is 4.28. The average molecular weight is 1060 g/mol. The molecule has 5 N–H and O–H groups in total. The van der Waals surface area contributed by atoms with Gasteiger partial charge in [-0.1, -0.05) is 44.0 Å². The summed E-state index contributed by atoms with van der Waals surface area (Å²) in [5.74, 6) is 7.21. The number of fused-ring (bicyclic) bond motifs is 2. The first-order valence-electron chi connectivity index (χ1n) is 26.4. The van der Waals surface area contributed by atoms with Crippen LogP contribution in [0.25, 0.3) is 16.9 Å². The Kier molecular flexibility index (Phi) is 14.5. The van der Waals surface area contributed by atoms with Gasteiger partial charge in [0.1, 0.15) is 35.7 Å². The number of nitrogens with two attached hydrogens (primary N) is 1. The Bertz CT molecular complexity index is 3320. The van der Waals surface area contributed by atoms with E-state index < -0.39 is 18.1 Å². The molecule has 402 valence electrons. The number of hydrogen-bond acceptors (Lipinski definition) is 18. The molecular formula is C57H61N13O8. The minimum absolute atomic E-state index is 0.0123. The molecule has 3 aliphatic heterocycles. The van der Waals surface area contributed by atoms with Crippen LogP contribution in [0.5, 0.6) is 23.3 Å². The van der Waals surface area contributed by atoms with Crippen molar-refractivity contribution >= 4 is 29.0 Å². The normalized spacial score (nSPS) is 21.3. The van der Waals surface area contributed by atoms with E-state index in [0.717, 1.165) is 54.4 Å². The fourth-order valence-electron chi connectivity index (χ4n) is 11.0. The largest absolute Gasteiger partial charge is 0.507 e. The lowest BCUT2D eigenvalue weighted by molar-refractivity contribution is -0.141. The second-order valence-electron chi connectivity index (χ2n) is 20.7. The molecule has 2 unspecified atom stereocenters. The van der Waals surface area contributed by atoms with Crippen molar-refractivity contribution in [1.82, 2.24) is 50.1 Å². The van der Waals surface area contributed by atoms with Crippen molar-refractivity contribution in [3.8, 4) is 52.0 Å². The van der Waals surface area contributed by atoms with Crippen LogP contribution in [0.2, 0.25) is 0 Å². The number of piperazine rings is 1. The van der Waals surface area contributed by atoms with Crippen LogP contribution in [0, 0.1) is 24.7 Å². The Hall–Kier alpha value is -8.77. The number of phenols is 1. The van der Waals surface area contributed by atoms with Gasteiger partial charge in [0.2, 0.25) is 23.5 Å². The molecule has 8 heterocycles. The van der Waals surface area contributed by atoms with Crippen molar-refractivity contribution in [2.75, 3.05) is 41.8 Å². The third kappa shape index (κ3) is 10.9. The number of pyridine rings is 1. The number of aromatic hydroxyl groups is 1. The summed E-state index contributed by atoms with van der Waals surface area (Å²) in [6, 6.07) is 21.7. The van der Waals surface area contributed by atoms with Gasteiger partial charge in [0.05, 0.1) is 35.9 Å². The highest BCUT2D eigenvalue weighted by Gasteiger charge is 2.44. The van der Waals surface area contributed by atoms with E-state index in [4.69, 9.17) is 24.5 Å². The van der Waals surface area contributed by atoms with Gasteiger partial charge in [-0.2, -0.15) is 0 Å². The lowest BCUT2D eigenvalue weighted by Crippen LogP contribution is -2.54. The number of aliphatic hydroxyl groups is 1. The number of carbonyl (C=O) groups is 2. The van der Waals surface area contributed by atoms with Crippen molar-refractivity contribution in [3.05, 3.63) is 127 Å². The first-order valence-corrected chi connectivity index (χ1v) is 26.4. The number of carbonyl (C=O) groups excluding carboxylic acids is 2. The quantitative estimate of drug-likeness (QED) is 0.0815. The maximum absolute atomic E-state index is 14.2. The first kappa shape index (κ1) is 51.3. The van der Waals surface area contributed by atoms with Crippen LogP contribution < -0.4 is 35.1 Å². The molecule has 0 radical (unpaired) electrons. The molecule has 0 spiro atoms. The summed E-state index contributed by atoms with van der Waals surface area (Å²) in [5, 5.41) is 36.7. The van der Waals surface area contributed by atoms with Crippen molar-refractivity contribution in [1.29, 1.82) is 0 Å². The number of likely N-dealkylation sites (tertiary alicyclic amines) is 1. The van der Waals surface area contributed by atoms with E-state index in [-0.39, 0.29) is 90.9 Å². The number of aryl methyl sites for hydroxylation is 1. The Labute approximate surface area is 450 Å². The van der Waals surface area contributed by atoms with Gasteiger partial charge in [0.15, 0.2) is 23.9 Å². The number of imidazole rings is 1. The summed E-state index contributed by atoms with van der Waals surface area (Å²) in [6.45, 7) is 9.06. The number of amides is 2. The molecule has 7 aromatic rings. The van der Waals surface area contributed by atoms with Gasteiger partial charge in [0.25, 0.3) is 5.88 Å². The Morgan fingerprint density at radius 3 is 2.35 bits per heavy atom. The lowest BCUT2D eigenvalue weighted by atomic mass is 9.91. The summed E-state index contributed by atoms with van der Waals surface area (Å²) in [6.07, 6.45) is 11.2. The molecule has 21 nitrogen and oxygen atoms in total. The molecule has 4 aliphatic rings. The van der Waals surface area contributed by atoms with Crippen LogP contribution in [0.1, 0.15) is 87.8 Å². The van der Waals surface area contributed by atoms with Crippen LogP contribution in [0.15, 0.2) is 108 Å². The molecular weight excluding hydrogens is 995 g/mol. The van der Waals surface area contributed by atoms with Crippen LogP contribution in [0.3, 0.4) is 0 Å². The van der Waals surface area contributed by atoms with E-state index in [1.807, 2.05) is 93.1 Å². The molecule has 6 atom stereocenters.